The van der Waals surface area contributed by atoms with E-state index in [-0.39, 0.29) is 0 Å². The number of aromatic amines is 1. The van der Waals surface area contributed by atoms with E-state index in [1.165, 1.54) is 0 Å². The van der Waals surface area contributed by atoms with E-state index in [2.05, 4.69) is 21.3 Å². The predicted molar refractivity (Wildman–Crippen MR) is 72.0 cm³/mol. The van der Waals surface area contributed by atoms with Crippen molar-refractivity contribution in [3.63, 3.8) is 0 Å². The summed E-state index contributed by atoms with van der Waals surface area (Å²) >= 11 is 0. The van der Waals surface area contributed by atoms with Gasteiger partial charge in [-0.05, 0) is 30.3 Å². The minimum Gasteiger partial charge on any atom is -0.277 e. The van der Waals surface area contributed by atoms with Crippen LogP contribution in [0.5, 0.6) is 0 Å². The van der Waals surface area contributed by atoms with E-state index in [9.17, 15) is 0 Å². The molecule has 3 rings (SSSR count). The highest BCUT2D eigenvalue weighted by atomic mass is 15.1. The van der Waals surface area contributed by atoms with Gasteiger partial charge in [-0.1, -0.05) is 12.1 Å². The summed E-state index contributed by atoms with van der Waals surface area (Å²) in [6.45, 7) is 0. The number of hydrogen-bond acceptors (Lipinski definition) is 3. The van der Waals surface area contributed by atoms with E-state index in [4.69, 9.17) is 5.26 Å². The number of rotatable bonds is 2. The van der Waals surface area contributed by atoms with Gasteiger partial charge in [-0.2, -0.15) is 10.4 Å². The molecule has 2 heterocycles. The smallest absolute Gasteiger partial charge is 0.0991 e. The van der Waals surface area contributed by atoms with Crippen LogP contribution < -0.4 is 0 Å². The molecule has 4 nitrogen and oxygen atoms in total. The second-order valence-corrected chi connectivity index (χ2v) is 4.10. The van der Waals surface area contributed by atoms with Crippen LogP contribution in [0.2, 0.25) is 0 Å². The third-order valence-electron chi connectivity index (χ3n) is 2.86. The zero-order chi connectivity index (χ0) is 13.1. The molecule has 1 aromatic carbocycles. The van der Waals surface area contributed by atoms with Gasteiger partial charge in [0.1, 0.15) is 0 Å². The lowest BCUT2D eigenvalue weighted by Crippen LogP contribution is -1.79. The van der Waals surface area contributed by atoms with Crippen LogP contribution in [0.25, 0.3) is 22.5 Å². The highest BCUT2D eigenvalue weighted by molar-refractivity contribution is 5.68. The summed E-state index contributed by atoms with van der Waals surface area (Å²) in [6.07, 6.45) is 3.48. The van der Waals surface area contributed by atoms with Crippen molar-refractivity contribution in [1.29, 1.82) is 5.26 Å². The third-order valence-corrected chi connectivity index (χ3v) is 2.86. The lowest BCUT2D eigenvalue weighted by Gasteiger charge is -1.96. The molecule has 90 valence electrons. The van der Waals surface area contributed by atoms with Gasteiger partial charge in [-0.3, -0.25) is 10.1 Å². The first-order valence-electron chi connectivity index (χ1n) is 5.83. The second kappa shape index (κ2) is 4.75. The van der Waals surface area contributed by atoms with Gasteiger partial charge in [0.05, 0.1) is 23.0 Å². The molecule has 3 aromatic rings. The SMILES string of the molecule is N#Cc1cccc(-c2cc(-c3ccncc3)[nH]n2)c1. The molecule has 0 spiro atoms. The van der Waals surface area contributed by atoms with Gasteiger partial charge in [0.15, 0.2) is 0 Å². The molecule has 0 saturated carbocycles. The molecule has 4 heteroatoms. The van der Waals surface area contributed by atoms with Gasteiger partial charge in [-0.15, -0.1) is 0 Å². The Bertz CT molecular complexity index is 738. The zero-order valence-electron chi connectivity index (χ0n) is 10.0. The van der Waals surface area contributed by atoms with Crippen molar-refractivity contribution >= 4 is 0 Å². The first kappa shape index (κ1) is 11.2. The first-order valence-corrected chi connectivity index (χ1v) is 5.83. The number of H-pyrrole nitrogens is 1. The topological polar surface area (TPSA) is 65.4 Å². The van der Waals surface area contributed by atoms with Gasteiger partial charge in [0, 0.05) is 23.5 Å². The molecule has 2 aromatic heterocycles. The van der Waals surface area contributed by atoms with Crippen LogP contribution in [0.1, 0.15) is 5.56 Å². The Kier molecular flexibility index (Phi) is 2.79. The quantitative estimate of drug-likeness (QED) is 0.755. The maximum Gasteiger partial charge on any atom is 0.0991 e. The molecule has 0 saturated heterocycles. The average molecular weight is 246 g/mol. The number of aromatic nitrogens is 3. The highest BCUT2D eigenvalue weighted by Gasteiger charge is 2.06. The molecular weight excluding hydrogens is 236 g/mol. The normalized spacial score (nSPS) is 10.1. The van der Waals surface area contributed by atoms with Crippen molar-refractivity contribution in [2.45, 2.75) is 0 Å². The maximum absolute atomic E-state index is 8.91. The summed E-state index contributed by atoms with van der Waals surface area (Å²) in [5.74, 6) is 0. The largest absolute Gasteiger partial charge is 0.277 e. The van der Waals surface area contributed by atoms with Crippen LogP contribution in [0.15, 0.2) is 54.9 Å². The average Bonchev–Trinajstić information content (AvgIpc) is 2.98. The monoisotopic (exact) mass is 246 g/mol. The molecular formula is C15H10N4. The summed E-state index contributed by atoms with van der Waals surface area (Å²) in [5.41, 5.74) is 4.34. The fourth-order valence-corrected chi connectivity index (χ4v) is 1.90. The van der Waals surface area contributed by atoms with Crippen molar-refractivity contribution in [2.24, 2.45) is 0 Å². The van der Waals surface area contributed by atoms with E-state index >= 15 is 0 Å². The van der Waals surface area contributed by atoms with Gasteiger partial charge >= 0.3 is 0 Å². The number of hydrogen-bond donors (Lipinski definition) is 1. The summed E-state index contributed by atoms with van der Waals surface area (Å²) in [4.78, 5) is 3.99. The van der Waals surface area contributed by atoms with Gasteiger partial charge < -0.3 is 0 Å². The van der Waals surface area contributed by atoms with Crippen LogP contribution in [0.4, 0.5) is 0 Å². The lowest BCUT2D eigenvalue weighted by atomic mass is 10.1. The molecule has 0 aliphatic carbocycles. The minimum atomic E-state index is 0.631. The Hall–Kier alpha value is -2.93. The van der Waals surface area contributed by atoms with E-state index in [1.54, 1.807) is 18.5 Å². The maximum atomic E-state index is 8.91. The van der Waals surface area contributed by atoms with Gasteiger partial charge in [-0.25, -0.2) is 0 Å². The zero-order valence-corrected chi connectivity index (χ0v) is 10.0. The third kappa shape index (κ3) is 2.22. The summed E-state index contributed by atoms with van der Waals surface area (Å²) in [5, 5.41) is 16.2. The van der Waals surface area contributed by atoms with Crippen LogP contribution in [-0.4, -0.2) is 15.2 Å². The number of nitriles is 1. The second-order valence-electron chi connectivity index (χ2n) is 4.10. The molecule has 1 N–H and O–H groups in total. The van der Waals surface area contributed by atoms with Crippen molar-refractivity contribution in [2.75, 3.05) is 0 Å². The predicted octanol–water partition coefficient (Wildman–Crippen LogP) is 3.01. The summed E-state index contributed by atoms with van der Waals surface area (Å²) < 4.78 is 0. The summed E-state index contributed by atoms with van der Waals surface area (Å²) in [7, 11) is 0. The van der Waals surface area contributed by atoms with E-state index in [1.807, 2.05) is 36.4 Å². The van der Waals surface area contributed by atoms with Crippen LogP contribution in [0.3, 0.4) is 0 Å². The standard InChI is InChI=1S/C15H10N4/c16-10-11-2-1-3-13(8-11)15-9-14(18-19-15)12-4-6-17-7-5-12/h1-9H,(H,18,19). The Morgan fingerprint density at radius 1 is 1.00 bits per heavy atom. The molecule has 19 heavy (non-hydrogen) atoms. The lowest BCUT2D eigenvalue weighted by molar-refractivity contribution is 1.10. The van der Waals surface area contributed by atoms with Crippen molar-refractivity contribution in [3.05, 3.63) is 60.4 Å². The van der Waals surface area contributed by atoms with E-state index in [0.29, 0.717) is 5.56 Å². The van der Waals surface area contributed by atoms with Gasteiger partial charge in [0.2, 0.25) is 0 Å². The molecule has 0 atom stereocenters. The first-order chi connectivity index (χ1) is 9.36. The Morgan fingerprint density at radius 2 is 1.84 bits per heavy atom. The Morgan fingerprint density at radius 3 is 2.63 bits per heavy atom. The Balaban J connectivity index is 2.00. The fourth-order valence-electron chi connectivity index (χ4n) is 1.90. The van der Waals surface area contributed by atoms with Crippen LogP contribution in [-0.2, 0) is 0 Å². The van der Waals surface area contributed by atoms with Crippen LogP contribution in [0, 0.1) is 11.3 Å². The Labute approximate surface area is 110 Å². The van der Waals surface area contributed by atoms with E-state index in [0.717, 1.165) is 22.5 Å². The van der Waals surface area contributed by atoms with Crippen molar-refractivity contribution in [3.8, 4) is 28.6 Å². The molecule has 0 bridgehead atoms. The van der Waals surface area contributed by atoms with Crippen molar-refractivity contribution in [1.82, 2.24) is 15.2 Å². The summed E-state index contributed by atoms with van der Waals surface area (Å²) in [6, 6.07) is 15.3. The molecule has 0 aliphatic heterocycles. The fraction of sp³-hybridized carbons (Fsp3) is 0. The number of nitrogens with zero attached hydrogens (tertiary/aromatic N) is 3. The molecule has 0 aliphatic rings. The number of nitrogens with one attached hydrogen (secondary N) is 1. The van der Waals surface area contributed by atoms with E-state index < -0.39 is 0 Å². The molecule has 0 unspecified atom stereocenters. The highest BCUT2D eigenvalue weighted by Crippen LogP contribution is 2.23. The minimum absolute atomic E-state index is 0.631. The van der Waals surface area contributed by atoms with Crippen LogP contribution >= 0.6 is 0 Å². The number of benzene rings is 1. The molecule has 0 radical (unpaired) electrons. The molecule has 0 fully saturated rings. The number of pyridine rings is 1. The molecule has 0 amide bonds. The van der Waals surface area contributed by atoms with Gasteiger partial charge in [0.25, 0.3) is 0 Å². The van der Waals surface area contributed by atoms with Crippen molar-refractivity contribution < 1.29 is 0 Å².